The molecule has 14 heavy (non-hydrogen) atoms. The average molecular weight is 203 g/mol. The van der Waals surface area contributed by atoms with Crippen LogP contribution in [0.4, 0.5) is 13.2 Å². The van der Waals surface area contributed by atoms with Crippen LogP contribution in [-0.2, 0) is 6.18 Å². The molecule has 1 rings (SSSR count). The van der Waals surface area contributed by atoms with Crippen LogP contribution in [0.1, 0.15) is 36.7 Å². The molecule has 1 nitrogen and oxygen atoms in total. The van der Waals surface area contributed by atoms with E-state index in [1.165, 1.54) is 0 Å². The van der Waals surface area contributed by atoms with Crippen LogP contribution in [-0.4, -0.2) is 4.98 Å². The molecule has 0 bridgehead atoms. The van der Waals surface area contributed by atoms with Crippen molar-refractivity contribution in [1.82, 2.24) is 4.98 Å². The van der Waals surface area contributed by atoms with Crippen LogP contribution in [0, 0.1) is 6.92 Å². The zero-order valence-electron chi connectivity index (χ0n) is 8.31. The molecule has 0 spiro atoms. The first-order valence-electron chi connectivity index (χ1n) is 4.36. The summed E-state index contributed by atoms with van der Waals surface area (Å²) in [7, 11) is 0. The summed E-state index contributed by atoms with van der Waals surface area (Å²) in [4.78, 5) is 4.05. The first-order valence-corrected chi connectivity index (χ1v) is 4.36. The van der Waals surface area contributed by atoms with E-state index in [9.17, 15) is 13.2 Å². The van der Waals surface area contributed by atoms with Gasteiger partial charge in [0.2, 0.25) is 0 Å². The third-order valence-electron chi connectivity index (χ3n) is 1.89. The van der Waals surface area contributed by atoms with E-state index in [-0.39, 0.29) is 5.92 Å². The molecule has 0 saturated heterocycles. The van der Waals surface area contributed by atoms with Crippen LogP contribution in [0.5, 0.6) is 0 Å². The number of alkyl halides is 3. The molecule has 0 amide bonds. The summed E-state index contributed by atoms with van der Waals surface area (Å²) in [5.41, 5.74) is 0.273. The molecule has 0 aliphatic carbocycles. The summed E-state index contributed by atoms with van der Waals surface area (Å²) in [6.45, 7) is 5.21. The number of halogens is 3. The number of aromatic nitrogens is 1. The van der Waals surface area contributed by atoms with Gasteiger partial charge in [0, 0.05) is 11.4 Å². The van der Waals surface area contributed by atoms with Crippen LogP contribution in [0.3, 0.4) is 0 Å². The summed E-state index contributed by atoms with van der Waals surface area (Å²) in [5, 5.41) is 0. The van der Waals surface area contributed by atoms with Crippen LogP contribution in [0.2, 0.25) is 0 Å². The van der Waals surface area contributed by atoms with Gasteiger partial charge >= 0.3 is 6.18 Å². The van der Waals surface area contributed by atoms with E-state index in [0.717, 1.165) is 12.1 Å². The Morgan fingerprint density at radius 2 is 1.79 bits per heavy atom. The van der Waals surface area contributed by atoms with Crippen LogP contribution < -0.4 is 0 Å². The molecule has 0 radical (unpaired) electrons. The summed E-state index contributed by atoms with van der Waals surface area (Å²) in [5.74, 6) is 0.0102. The predicted octanol–water partition coefficient (Wildman–Crippen LogP) is 3.53. The average Bonchev–Trinajstić information content (AvgIpc) is 2.01. The Kier molecular flexibility index (Phi) is 2.83. The highest BCUT2D eigenvalue weighted by Gasteiger charge is 2.31. The second-order valence-corrected chi connectivity index (χ2v) is 3.57. The molecular formula is C10H12F3N. The molecular weight excluding hydrogens is 191 g/mol. The quantitative estimate of drug-likeness (QED) is 0.680. The zero-order valence-corrected chi connectivity index (χ0v) is 8.31. The van der Waals surface area contributed by atoms with E-state index >= 15 is 0 Å². The molecule has 0 aliphatic heterocycles. The fraction of sp³-hybridized carbons (Fsp3) is 0.500. The van der Waals surface area contributed by atoms with E-state index in [4.69, 9.17) is 0 Å². The monoisotopic (exact) mass is 203 g/mol. The Bertz CT molecular complexity index is 329. The van der Waals surface area contributed by atoms with Crippen molar-refractivity contribution in [3.8, 4) is 0 Å². The first kappa shape index (κ1) is 11.0. The molecule has 0 aromatic carbocycles. The largest absolute Gasteiger partial charge is 0.416 e. The van der Waals surface area contributed by atoms with Gasteiger partial charge in [-0.3, -0.25) is 4.98 Å². The molecule has 1 heterocycles. The van der Waals surface area contributed by atoms with Gasteiger partial charge in [0.25, 0.3) is 0 Å². The summed E-state index contributed by atoms with van der Waals surface area (Å²) < 4.78 is 37.2. The minimum absolute atomic E-state index is 0.0102. The molecule has 78 valence electrons. The Morgan fingerprint density at radius 3 is 2.21 bits per heavy atom. The lowest BCUT2D eigenvalue weighted by Crippen LogP contribution is -2.08. The number of hydrogen-bond acceptors (Lipinski definition) is 1. The minimum Gasteiger partial charge on any atom is -0.258 e. The molecule has 0 fully saturated rings. The normalized spacial score (nSPS) is 12.2. The molecule has 4 heteroatoms. The summed E-state index contributed by atoms with van der Waals surface area (Å²) in [6, 6.07) is 2.17. The molecule has 1 aromatic rings. The van der Waals surface area contributed by atoms with Crippen molar-refractivity contribution >= 4 is 0 Å². The van der Waals surface area contributed by atoms with Crippen molar-refractivity contribution in [3.63, 3.8) is 0 Å². The Hall–Kier alpha value is -1.06. The van der Waals surface area contributed by atoms with Gasteiger partial charge in [0.15, 0.2) is 0 Å². The summed E-state index contributed by atoms with van der Waals surface area (Å²) in [6.07, 6.45) is -4.28. The Morgan fingerprint density at radius 1 is 1.21 bits per heavy atom. The Labute approximate surface area is 81.0 Å². The number of rotatable bonds is 1. The second-order valence-electron chi connectivity index (χ2n) is 3.57. The molecule has 1 aromatic heterocycles. The lowest BCUT2D eigenvalue weighted by molar-refractivity contribution is -0.137. The number of pyridine rings is 1. The SMILES string of the molecule is Cc1cc(C(F)(F)F)cc(C(C)C)n1. The summed E-state index contributed by atoms with van der Waals surface area (Å²) >= 11 is 0. The number of nitrogens with zero attached hydrogens (tertiary/aromatic N) is 1. The van der Waals surface area contributed by atoms with Crippen molar-refractivity contribution in [2.45, 2.75) is 32.9 Å². The van der Waals surface area contributed by atoms with Gasteiger partial charge in [0.05, 0.1) is 5.56 Å². The zero-order chi connectivity index (χ0) is 10.9. The lowest BCUT2D eigenvalue weighted by Gasteiger charge is -2.11. The van der Waals surface area contributed by atoms with E-state index in [1.807, 2.05) is 13.8 Å². The van der Waals surface area contributed by atoms with Crippen molar-refractivity contribution in [2.24, 2.45) is 0 Å². The Balaban J connectivity index is 3.21. The van der Waals surface area contributed by atoms with E-state index < -0.39 is 11.7 Å². The van der Waals surface area contributed by atoms with Gasteiger partial charge in [-0.05, 0) is 25.0 Å². The molecule has 0 atom stereocenters. The van der Waals surface area contributed by atoms with Gasteiger partial charge in [-0.2, -0.15) is 13.2 Å². The van der Waals surface area contributed by atoms with Gasteiger partial charge < -0.3 is 0 Å². The maximum absolute atomic E-state index is 12.4. The third-order valence-corrected chi connectivity index (χ3v) is 1.89. The molecule has 0 saturated carbocycles. The first-order chi connectivity index (χ1) is 6.30. The lowest BCUT2D eigenvalue weighted by atomic mass is 10.1. The van der Waals surface area contributed by atoms with E-state index in [0.29, 0.717) is 11.4 Å². The second kappa shape index (κ2) is 3.59. The minimum atomic E-state index is -4.28. The van der Waals surface area contributed by atoms with Crippen LogP contribution in [0.15, 0.2) is 12.1 Å². The van der Waals surface area contributed by atoms with Gasteiger partial charge in [-0.1, -0.05) is 13.8 Å². The highest BCUT2D eigenvalue weighted by atomic mass is 19.4. The van der Waals surface area contributed by atoms with Crippen LogP contribution in [0.25, 0.3) is 0 Å². The fourth-order valence-electron chi connectivity index (χ4n) is 1.15. The maximum atomic E-state index is 12.4. The van der Waals surface area contributed by atoms with E-state index in [1.54, 1.807) is 6.92 Å². The van der Waals surface area contributed by atoms with Crippen molar-refractivity contribution in [3.05, 3.63) is 29.1 Å². The molecule has 0 aliphatic rings. The van der Waals surface area contributed by atoms with Gasteiger partial charge in [-0.15, -0.1) is 0 Å². The maximum Gasteiger partial charge on any atom is 0.416 e. The van der Waals surface area contributed by atoms with Crippen molar-refractivity contribution in [2.75, 3.05) is 0 Å². The number of aryl methyl sites for hydroxylation is 1. The van der Waals surface area contributed by atoms with Gasteiger partial charge in [-0.25, -0.2) is 0 Å². The fourth-order valence-corrected chi connectivity index (χ4v) is 1.15. The number of hydrogen-bond donors (Lipinski definition) is 0. The molecule has 0 N–H and O–H groups in total. The predicted molar refractivity (Wildman–Crippen MR) is 48.1 cm³/mol. The standard InChI is InChI=1S/C10H12F3N/c1-6(2)9-5-8(10(11,12)13)4-7(3)14-9/h4-6H,1-3H3. The third kappa shape index (κ3) is 2.47. The van der Waals surface area contributed by atoms with Crippen LogP contribution >= 0.6 is 0 Å². The smallest absolute Gasteiger partial charge is 0.258 e. The topological polar surface area (TPSA) is 12.9 Å². The highest BCUT2D eigenvalue weighted by molar-refractivity contribution is 5.25. The molecule has 0 unspecified atom stereocenters. The van der Waals surface area contributed by atoms with Crippen molar-refractivity contribution < 1.29 is 13.2 Å². The highest BCUT2D eigenvalue weighted by Crippen LogP contribution is 2.30. The van der Waals surface area contributed by atoms with Gasteiger partial charge in [0.1, 0.15) is 0 Å². The van der Waals surface area contributed by atoms with Crippen molar-refractivity contribution in [1.29, 1.82) is 0 Å². The van der Waals surface area contributed by atoms with E-state index in [2.05, 4.69) is 4.98 Å².